The van der Waals surface area contributed by atoms with Crippen LogP contribution >= 0.6 is 0 Å². The highest BCUT2D eigenvalue weighted by Gasteiger charge is 2.52. The lowest BCUT2D eigenvalue weighted by molar-refractivity contribution is 0.00578. The molecule has 0 atom stereocenters. The molecule has 0 unspecified atom stereocenters. The molecular weight excluding hydrogens is 244 g/mol. The van der Waals surface area contributed by atoms with Gasteiger partial charge in [0.05, 0.1) is 16.8 Å². The molecule has 19 heavy (non-hydrogen) atoms. The highest BCUT2D eigenvalue weighted by molar-refractivity contribution is 6.62. The van der Waals surface area contributed by atoms with Crippen LogP contribution < -0.4 is 5.46 Å². The lowest BCUT2D eigenvalue weighted by atomic mass is 9.75. The molecule has 0 aliphatic carbocycles. The van der Waals surface area contributed by atoms with Gasteiger partial charge in [0.1, 0.15) is 11.9 Å². The van der Waals surface area contributed by atoms with Crippen LogP contribution in [0.3, 0.4) is 0 Å². The molecule has 0 bridgehead atoms. The van der Waals surface area contributed by atoms with Gasteiger partial charge in [-0.1, -0.05) is 0 Å². The molecular formula is C14H17BFNO2. The predicted octanol–water partition coefficient (Wildman–Crippen LogP) is 2.30. The first-order valence-electron chi connectivity index (χ1n) is 6.24. The average molecular weight is 261 g/mol. The van der Waals surface area contributed by atoms with Crippen LogP contribution in [0.2, 0.25) is 0 Å². The van der Waals surface area contributed by atoms with Crippen LogP contribution in [0.1, 0.15) is 38.8 Å². The third-order valence-corrected chi connectivity index (χ3v) is 3.98. The molecule has 1 aromatic carbocycles. The minimum atomic E-state index is -0.604. The Hall–Kier alpha value is -1.38. The van der Waals surface area contributed by atoms with Crippen LogP contribution in [0.4, 0.5) is 4.39 Å². The minimum absolute atomic E-state index is 0.0396. The Balaban J connectivity index is 2.41. The fraction of sp³-hybridized carbons (Fsp3) is 0.500. The van der Waals surface area contributed by atoms with E-state index in [2.05, 4.69) is 0 Å². The second-order valence-electron chi connectivity index (χ2n) is 5.89. The van der Waals surface area contributed by atoms with Crippen molar-refractivity contribution in [2.75, 3.05) is 0 Å². The maximum atomic E-state index is 13.7. The molecule has 1 saturated heterocycles. The number of nitriles is 1. The maximum Gasteiger partial charge on any atom is 0.495 e. The second-order valence-corrected chi connectivity index (χ2v) is 5.89. The van der Waals surface area contributed by atoms with Crippen LogP contribution in [-0.2, 0) is 9.31 Å². The van der Waals surface area contributed by atoms with Gasteiger partial charge in [-0.3, -0.25) is 0 Å². The van der Waals surface area contributed by atoms with Gasteiger partial charge in [-0.15, -0.1) is 0 Å². The zero-order valence-electron chi connectivity index (χ0n) is 11.9. The van der Waals surface area contributed by atoms with E-state index in [0.717, 1.165) is 5.56 Å². The summed E-state index contributed by atoms with van der Waals surface area (Å²) >= 11 is 0. The maximum absolute atomic E-state index is 13.7. The van der Waals surface area contributed by atoms with E-state index < -0.39 is 24.1 Å². The van der Waals surface area contributed by atoms with Crippen LogP contribution in [0.5, 0.6) is 0 Å². The molecule has 100 valence electrons. The molecule has 0 spiro atoms. The SMILES string of the molecule is Cc1cc(C#N)c(F)cc1B1OC(C)(C)C(C)(C)O1. The molecule has 1 aliphatic heterocycles. The molecule has 5 heteroatoms. The zero-order chi connectivity index (χ0) is 14.4. The fourth-order valence-corrected chi connectivity index (χ4v) is 2.01. The summed E-state index contributed by atoms with van der Waals surface area (Å²) in [5.74, 6) is -0.544. The third kappa shape index (κ3) is 2.26. The van der Waals surface area contributed by atoms with Crippen LogP contribution in [0.15, 0.2) is 12.1 Å². The molecule has 0 N–H and O–H groups in total. The van der Waals surface area contributed by atoms with Gasteiger partial charge in [0.25, 0.3) is 0 Å². The number of benzene rings is 1. The normalized spacial score (nSPS) is 20.4. The Morgan fingerprint density at radius 3 is 2.16 bits per heavy atom. The van der Waals surface area contributed by atoms with Gasteiger partial charge < -0.3 is 9.31 Å². The lowest BCUT2D eigenvalue weighted by Crippen LogP contribution is -2.41. The Labute approximate surface area is 113 Å². The van der Waals surface area contributed by atoms with E-state index in [1.165, 1.54) is 12.1 Å². The van der Waals surface area contributed by atoms with E-state index >= 15 is 0 Å². The summed E-state index contributed by atoms with van der Waals surface area (Å²) in [6.07, 6.45) is 0. The molecule has 2 rings (SSSR count). The van der Waals surface area contributed by atoms with Crippen LogP contribution in [0, 0.1) is 24.1 Å². The lowest BCUT2D eigenvalue weighted by Gasteiger charge is -2.32. The third-order valence-electron chi connectivity index (χ3n) is 3.98. The van der Waals surface area contributed by atoms with Gasteiger partial charge in [-0.25, -0.2) is 4.39 Å². The fourth-order valence-electron chi connectivity index (χ4n) is 2.01. The molecule has 1 heterocycles. The van der Waals surface area contributed by atoms with E-state index in [-0.39, 0.29) is 5.56 Å². The van der Waals surface area contributed by atoms with E-state index in [9.17, 15) is 4.39 Å². The molecule has 1 aliphatic rings. The molecule has 1 fully saturated rings. The average Bonchev–Trinajstić information content (AvgIpc) is 2.50. The van der Waals surface area contributed by atoms with E-state index in [1.54, 1.807) is 0 Å². The zero-order valence-corrected chi connectivity index (χ0v) is 11.9. The molecule has 0 radical (unpaired) electrons. The quantitative estimate of drug-likeness (QED) is 0.728. The van der Waals surface area contributed by atoms with Crippen molar-refractivity contribution in [2.45, 2.75) is 45.8 Å². The number of aryl methyl sites for hydroxylation is 1. The van der Waals surface area contributed by atoms with Gasteiger partial charge in [0.15, 0.2) is 0 Å². The van der Waals surface area contributed by atoms with Crippen molar-refractivity contribution < 1.29 is 13.7 Å². The molecule has 3 nitrogen and oxygen atoms in total. The van der Waals surface area contributed by atoms with Crippen molar-refractivity contribution in [3.8, 4) is 6.07 Å². The van der Waals surface area contributed by atoms with Crippen LogP contribution in [-0.4, -0.2) is 18.3 Å². The summed E-state index contributed by atoms with van der Waals surface area (Å²) in [6.45, 7) is 9.61. The molecule has 0 aromatic heterocycles. The van der Waals surface area contributed by atoms with Crippen molar-refractivity contribution in [2.24, 2.45) is 0 Å². The highest BCUT2D eigenvalue weighted by Crippen LogP contribution is 2.36. The van der Waals surface area contributed by atoms with Crippen molar-refractivity contribution in [3.05, 3.63) is 29.1 Å². The van der Waals surface area contributed by atoms with Gasteiger partial charge >= 0.3 is 7.12 Å². The monoisotopic (exact) mass is 261 g/mol. The summed E-state index contributed by atoms with van der Waals surface area (Å²) in [5, 5.41) is 8.81. The number of halogens is 1. The molecule has 0 saturated carbocycles. The van der Waals surface area contributed by atoms with Crippen molar-refractivity contribution in [1.82, 2.24) is 0 Å². The van der Waals surface area contributed by atoms with Crippen LogP contribution in [0.25, 0.3) is 0 Å². The highest BCUT2D eigenvalue weighted by atomic mass is 19.1. The topological polar surface area (TPSA) is 42.2 Å². The van der Waals surface area contributed by atoms with Gasteiger partial charge in [-0.05, 0) is 57.8 Å². The predicted molar refractivity (Wildman–Crippen MR) is 71.6 cm³/mol. The number of nitrogens with zero attached hydrogens (tertiary/aromatic N) is 1. The van der Waals surface area contributed by atoms with Crippen molar-refractivity contribution in [1.29, 1.82) is 5.26 Å². The minimum Gasteiger partial charge on any atom is -0.399 e. The van der Waals surface area contributed by atoms with E-state index in [4.69, 9.17) is 14.6 Å². The van der Waals surface area contributed by atoms with Gasteiger partial charge in [0, 0.05) is 0 Å². The largest absolute Gasteiger partial charge is 0.495 e. The Kier molecular flexibility index (Phi) is 3.20. The van der Waals surface area contributed by atoms with E-state index in [1.807, 2.05) is 40.7 Å². The summed E-state index contributed by atoms with van der Waals surface area (Å²) in [5.41, 5.74) is 0.535. The smallest absolute Gasteiger partial charge is 0.399 e. The molecule has 0 amide bonds. The first kappa shape index (κ1) is 14.0. The summed E-state index contributed by atoms with van der Waals surface area (Å²) in [7, 11) is -0.604. The Morgan fingerprint density at radius 2 is 1.68 bits per heavy atom. The number of hydrogen-bond donors (Lipinski definition) is 0. The molecule has 1 aromatic rings. The first-order valence-corrected chi connectivity index (χ1v) is 6.24. The summed E-state index contributed by atoms with van der Waals surface area (Å²) in [4.78, 5) is 0. The van der Waals surface area contributed by atoms with Crippen molar-refractivity contribution >= 4 is 12.6 Å². The van der Waals surface area contributed by atoms with E-state index in [0.29, 0.717) is 5.46 Å². The Bertz CT molecular complexity index is 547. The number of hydrogen-bond acceptors (Lipinski definition) is 3. The van der Waals surface area contributed by atoms with Gasteiger partial charge in [-0.2, -0.15) is 5.26 Å². The standard InChI is InChI=1S/C14H17BFNO2/c1-9-6-10(8-17)12(16)7-11(9)15-18-13(2,3)14(4,5)19-15/h6-7H,1-5H3. The number of rotatable bonds is 1. The van der Waals surface area contributed by atoms with Crippen molar-refractivity contribution in [3.63, 3.8) is 0 Å². The first-order chi connectivity index (χ1) is 8.68. The Morgan fingerprint density at radius 1 is 1.16 bits per heavy atom. The summed E-state index contributed by atoms with van der Waals surface area (Å²) < 4.78 is 25.5. The second kappa shape index (κ2) is 4.33. The van der Waals surface area contributed by atoms with Gasteiger partial charge in [0.2, 0.25) is 0 Å². The summed E-state index contributed by atoms with van der Waals surface area (Å²) in [6, 6.07) is 4.68.